The Hall–Kier alpha value is -2.02. The highest BCUT2D eigenvalue weighted by molar-refractivity contribution is 5.77. The summed E-state index contributed by atoms with van der Waals surface area (Å²) < 4.78 is 5.40. The van der Waals surface area contributed by atoms with Crippen molar-refractivity contribution in [2.75, 3.05) is 13.2 Å². The molecule has 1 amide bonds. The van der Waals surface area contributed by atoms with Crippen molar-refractivity contribution in [2.45, 2.75) is 32.1 Å². The number of rotatable bonds is 5. The zero-order valence-electron chi connectivity index (χ0n) is 11.6. The number of nitriles is 1. The SMILES string of the molecule is N#Cc1ccccc1OCC(=O)NCC1CCCCC1. The van der Waals surface area contributed by atoms with E-state index in [1.165, 1.54) is 32.1 Å². The molecular weight excluding hydrogens is 252 g/mol. The van der Waals surface area contributed by atoms with Crippen LogP contribution in [-0.2, 0) is 4.79 Å². The predicted octanol–water partition coefficient (Wildman–Crippen LogP) is 2.63. The lowest BCUT2D eigenvalue weighted by Crippen LogP contribution is -2.33. The van der Waals surface area contributed by atoms with Crippen molar-refractivity contribution < 1.29 is 9.53 Å². The van der Waals surface area contributed by atoms with Crippen molar-refractivity contribution in [3.63, 3.8) is 0 Å². The first-order valence-electron chi connectivity index (χ1n) is 7.18. The van der Waals surface area contributed by atoms with E-state index in [0.717, 1.165) is 6.54 Å². The van der Waals surface area contributed by atoms with Crippen LogP contribution in [-0.4, -0.2) is 19.1 Å². The van der Waals surface area contributed by atoms with Crippen molar-refractivity contribution in [1.29, 1.82) is 5.26 Å². The number of nitrogens with one attached hydrogen (secondary N) is 1. The van der Waals surface area contributed by atoms with Gasteiger partial charge in [-0.1, -0.05) is 31.4 Å². The summed E-state index contributed by atoms with van der Waals surface area (Å²) in [5.74, 6) is 0.949. The van der Waals surface area contributed by atoms with Gasteiger partial charge in [0, 0.05) is 6.54 Å². The van der Waals surface area contributed by atoms with Gasteiger partial charge in [-0.2, -0.15) is 5.26 Å². The molecule has 0 unspecified atom stereocenters. The topological polar surface area (TPSA) is 62.1 Å². The predicted molar refractivity (Wildman–Crippen MR) is 76.2 cm³/mol. The average molecular weight is 272 g/mol. The molecule has 0 saturated heterocycles. The van der Waals surface area contributed by atoms with Crippen molar-refractivity contribution in [2.24, 2.45) is 5.92 Å². The van der Waals surface area contributed by atoms with Gasteiger partial charge in [0.05, 0.1) is 5.56 Å². The Bertz CT molecular complexity index is 487. The van der Waals surface area contributed by atoms with Crippen LogP contribution in [0.4, 0.5) is 0 Å². The molecule has 2 rings (SSSR count). The van der Waals surface area contributed by atoms with Gasteiger partial charge in [-0.25, -0.2) is 0 Å². The van der Waals surface area contributed by atoms with Crippen molar-refractivity contribution >= 4 is 5.91 Å². The minimum Gasteiger partial charge on any atom is -0.482 e. The summed E-state index contributed by atoms with van der Waals surface area (Å²) in [5.41, 5.74) is 0.451. The first-order chi connectivity index (χ1) is 9.79. The second-order valence-corrected chi connectivity index (χ2v) is 5.20. The van der Waals surface area contributed by atoms with E-state index in [2.05, 4.69) is 5.32 Å². The first-order valence-corrected chi connectivity index (χ1v) is 7.18. The molecule has 0 spiro atoms. The molecule has 1 aromatic carbocycles. The normalized spacial score (nSPS) is 15.3. The van der Waals surface area contributed by atoms with Gasteiger partial charge in [-0.15, -0.1) is 0 Å². The molecular formula is C16H20N2O2. The molecule has 1 aliphatic carbocycles. The molecule has 1 N–H and O–H groups in total. The molecule has 1 aromatic rings. The van der Waals surface area contributed by atoms with E-state index in [4.69, 9.17) is 10.00 Å². The number of hydrogen-bond acceptors (Lipinski definition) is 3. The van der Waals surface area contributed by atoms with Gasteiger partial charge >= 0.3 is 0 Å². The number of para-hydroxylation sites is 1. The number of nitrogens with zero attached hydrogens (tertiary/aromatic N) is 1. The summed E-state index contributed by atoms with van der Waals surface area (Å²) in [6.45, 7) is 0.702. The van der Waals surface area contributed by atoms with E-state index in [-0.39, 0.29) is 12.5 Å². The number of ether oxygens (including phenoxy) is 1. The fourth-order valence-electron chi connectivity index (χ4n) is 2.53. The van der Waals surface area contributed by atoms with Crippen LogP contribution in [0.3, 0.4) is 0 Å². The molecule has 1 saturated carbocycles. The van der Waals surface area contributed by atoms with E-state index in [1.807, 2.05) is 6.07 Å². The Morgan fingerprint density at radius 2 is 2.05 bits per heavy atom. The molecule has 0 aromatic heterocycles. The standard InChI is InChI=1S/C16H20N2O2/c17-10-14-8-4-5-9-15(14)20-12-16(19)18-11-13-6-2-1-3-7-13/h4-5,8-9,13H,1-3,6-7,11-12H2,(H,18,19). The fourth-order valence-corrected chi connectivity index (χ4v) is 2.53. The van der Waals surface area contributed by atoms with Gasteiger partial charge < -0.3 is 10.1 Å². The van der Waals surface area contributed by atoms with E-state index in [0.29, 0.717) is 17.2 Å². The summed E-state index contributed by atoms with van der Waals surface area (Å²) in [7, 11) is 0. The number of carbonyl (C=O) groups excluding carboxylic acids is 1. The molecule has 4 heteroatoms. The average Bonchev–Trinajstić information content (AvgIpc) is 2.52. The van der Waals surface area contributed by atoms with Gasteiger partial charge in [-0.05, 0) is 30.9 Å². The van der Waals surface area contributed by atoms with Crippen LogP contribution in [0.15, 0.2) is 24.3 Å². The van der Waals surface area contributed by atoms with Crippen LogP contribution in [0.1, 0.15) is 37.7 Å². The van der Waals surface area contributed by atoms with E-state index < -0.39 is 0 Å². The van der Waals surface area contributed by atoms with Gasteiger partial charge in [0.15, 0.2) is 6.61 Å². The first kappa shape index (κ1) is 14.4. The summed E-state index contributed by atoms with van der Waals surface area (Å²) >= 11 is 0. The van der Waals surface area contributed by atoms with Gasteiger partial charge in [0.2, 0.25) is 0 Å². The second-order valence-electron chi connectivity index (χ2n) is 5.20. The maximum Gasteiger partial charge on any atom is 0.257 e. The maximum atomic E-state index is 11.7. The zero-order valence-corrected chi connectivity index (χ0v) is 11.6. The third kappa shape index (κ3) is 4.27. The van der Waals surface area contributed by atoms with Crippen LogP contribution in [0.2, 0.25) is 0 Å². The highest BCUT2D eigenvalue weighted by Crippen LogP contribution is 2.22. The van der Waals surface area contributed by atoms with Gasteiger partial charge in [0.25, 0.3) is 5.91 Å². The Kier molecular flexibility index (Phi) is 5.43. The maximum absolute atomic E-state index is 11.7. The largest absolute Gasteiger partial charge is 0.482 e. The zero-order chi connectivity index (χ0) is 14.2. The highest BCUT2D eigenvalue weighted by atomic mass is 16.5. The molecule has 20 heavy (non-hydrogen) atoms. The van der Waals surface area contributed by atoms with Crippen LogP contribution in [0.25, 0.3) is 0 Å². The molecule has 0 aliphatic heterocycles. The summed E-state index contributed by atoms with van der Waals surface area (Å²) in [6, 6.07) is 8.98. The lowest BCUT2D eigenvalue weighted by molar-refractivity contribution is -0.123. The quantitative estimate of drug-likeness (QED) is 0.896. The molecule has 0 radical (unpaired) electrons. The smallest absolute Gasteiger partial charge is 0.257 e. The lowest BCUT2D eigenvalue weighted by atomic mass is 9.89. The summed E-state index contributed by atoms with van der Waals surface area (Å²) in [4.78, 5) is 11.7. The van der Waals surface area contributed by atoms with E-state index >= 15 is 0 Å². The van der Waals surface area contributed by atoms with Crippen LogP contribution < -0.4 is 10.1 Å². The van der Waals surface area contributed by atoms with Crippen molar-refractivity contribution in [1.82, 2.24) is 5.32 Å². The van der Waals surface area contributed by atoms with Gasteiger partial charge in [0.1, 0.15) is 11.8 Å². The molecule has 1 aliphatic rings. The minimum absolute atomic E-state index is 0.0363. The van der Waals surface area contributed by atoms with E-state index in [1.54, 1.807) is 24.3 Å². The highest BCUT2D eigenvalue weighted by Gasteiger charge is 2.14. The Morgan fingerprint density at radius 3 is 2.80 bits per heavy atom. The third-order valence-electron chi connectivity index (χ3n) is 3.68. The molecule has 0 heterocycles. The minimum atomic E-state index is -0.122. The van der Waals surface area contributed by atoms with Crippen molar-refractivity contribution in [3.8, 4) is 11.8 Å². The fraction of sp³-hybridized carbons (Fsp3) is 0.500. The summed E-state index contributed by atoms with van der Waals surface area (Å²) in [5, 5.41) is 11.8. The lowest BCUT2D eigenvalue weighted by Gasteiger charge is -2.21. The van der Waals surface area contributed by atoms with Crippen LogP contribution in [0, 0.1) is 17.2 Å². The molecule has 0 bridgehead atoms. The molecule has 0 atom stereocenters. The monoisotopic (exact) mass is 272 g/mol. The molecule has 4 nitrogen and oxygen atoms in total. The third-order valence-corrected chi connectivity index (χ3v) is 3.68. The van der Waals surface area contributed by atoms with E-state index in [9.17, 15) is 4.79 Å². The number of amides is 1. The number of carbonyl (C=O) groups is 1. The molecule has 106 valence electrons. The Labute approximate surface area is 119 Å². The van der Waals surface area contributed by atoms with Crippen LogP contribution >= 0.6 is 0 Å². The number of hydrogen-bond donors (Lipinski definition) is 1. The second kappa shape index (κ2) is 7.54. The number of benzene rings is 1. The van der Waals surface area contributed by atoms with Crippen LogP contribution in [0.5, 0.6) is 5.75 Å². The summed E-state index contributed by atoms with van der Waals surface area (Å²) in [6.07, 6.45) is 6.27. The van der Waals surface area contributed by atoms with Gasteiger partial charge in [-0.3, -0.25) is 4.79 Å². The Morgan fingerprint density at radius 1 is 1.30 bits per heavy atom. The van der Waals surface area contributed by atoms with Crippen molar-refractivity contribution in [3.05, 3.63) is 29.8 Å². The Balaban J connectivity index is 1.73. The molecule has 1 fully saturated rings.